The van der Waals surface area contributed by atoms with Gasteiger partial charge in [0.05, 0.1) is 27.5 Å². The molecule has 25 heavy (non-hydrogen) atoms. The fraction of sp³-hybridized carbons (Fsp3) is 0.235. The van der Waals surface area contributed by atoms with E-state index in [0.717, 1.165) is 17.0 Å². The van der Waals surface area contributed by atoms with Gasteiger partial charge in [0, 0.05) is 19.0 Å². The molecule has 0 unspecified atom stereocenters. The van der Waals surface area contributed by atoms with E-state index in [2.05, 4.69) is 5.32 Å². The average Bonchev–Trinajstić information content (AvgIpc) is 2.54. The lowest BCUT2D eigenvalue weighted by Crippen LogP contribution is -2.18. The molecule has 0 aromatic heterocycles. The number of carbonyl (C=O) groups is 1. The van der Waals surface area contributed by atoms with Gasteiger partial charge >= 0.3 is 6.18 Å². The molecule has 0 saturated heterocycles. The number of amides is 1. The molecule has 2 aromatic carbocycles. The lowest BCUT2D eigenvalue weighted by molar-refractivity contribution is -0.137. The van der Waals surface area contributed by atoms with Crippen molar-refractivity contribution >= 4 is 40.6 Å². The first-order valence-electron chi connectivity index (χ1n) is 7.17. The Labute approximate surface area is 153 Å². The summed E-state index contributed by atoms with van der Waals surface area (Å²) in [5.74, 6) is -0.566. The minimum absolute atomic E-state index is 0.0652. The standard InChI is InChI=1S/C17H16ClF3N2OS/c1-23(2)15-7-4-10(17(19,20)21)8-14(15)22-16(24)12-9-11(25-3)5-6-13(12)18/h4-9H,1-3H3,(H,22,24). The van der Waals surface area contributed by atoms with Crippen molar-refractivity contribution in [1.82, 2.24) is 0 Å². The summed E-state index contributed by atoms with van der Waals surface area (Å²) in [6, 6.07) is 8.16. The predicted molar refractivity (Wildman–Crippen MR) is 97.0 cm³/mol. The van der Waals surface area contributed by atoms with Crippen molar-refractivity contribution in [2.45, 2.75) is 11.1 Å². The van der Waals surface area contributed by atoms with E-state index in [4.69, 9.17) is 11.6 Å². The summed E-state index contributed by atoms with van der Waals surface area (Å²) in [6.07, 6.45) is -2.65. The van der Waals surface area contributed by atoms with Crippen LogP contribution in [0.5, 0.6) is 0 Å². The lowest BCUT2D eigenvalue weighted by atomic mass is 10.1. The van der Waals surface area contributed by atoms with Gasteiger partial charge in [0.1, 0.15) is 0 Å². The monoisotopic (exact) mass is 388 g/mol. The molecule has 2 rings (SSSR count). The third-order valence-corrected chi connectivity index (χ3v) is 4.53. The molecule has 0 saturated carbocycles. The van der Waals surface area contributed by atoms with Gasteiger partial charge < -0.3 is 10.2 Å². The summed E-state index contributed by atoms with van der Waals surface area (Å²) in [6.45, 7) is 0. The summed E-state index contributed by atoms with van der Waals surface area (Å²) < 4.78 is 38.9. The molecular formula is C17H16ClF3N2OS. The molecule has 0 aliphatic carbocycles. The first-order chi connectivity index (χ1) is 11.6. The van der Waals surface area contributed by atoms with Gasteiger partial charge in [-0.15, -0.1) is 11.8 Å². The highest BCUT2D eigenvalue weighted by Crippen LogP contribution is 2.35. The molecule has 0 spiro atoms. The number of halogens is 4. The zero-order valence-corrected chi connectivity index (χ0v) is 15.3. The molecule has 0 fully saturated rings. The highest BCUT2D eigenvalue weighted by Gasteiger charge is 2.31. The molecule has 8 heteroatoms. The maximum Gasteiger partial charge on any atom is 0.416 e. The van der Waals surface area contributed by atoms with Crippen molar-refractivity contribution in [3.05, 3.63) is 52.5 Å². The Balaban J connectivity index is 2.43. The highest BCUT2D eigenvalue weighted by molar-refractivity contribution is 7.98. The molecule has 0 radical (unpaired) electrons. The second-order valence-electron chi connectivity index (χ2n) is 5.42. The zero-order valence-electron chi connectivity index (χ0n) is 13.7. The van der Waals surface area contributed by atoms with Gasteiger partial charge in [-0.1, -0.05) is 11.6 Å². The Morgan fingerprint density at radius 1 is 1.16 bits per heavy atom. The van der Waals surface area contributed by atoms with Crippen LogP contribution in [0.3, 0.4) is 0 Å². The van der Waals surface area contributed by atoms with Crippen LogP contribution in [0.4, 0.5) is 24.5 Å². The highest BCUT2D eigenvalue weighted by atomic mass is 35.5. The van der Waals surface area contributed by atoms with E-state index >= 15 is 0 Å². The van der Waals surface area contributed by atoms with Crippen molar-refractivity contribution < 1.29 is 18.0 Å². The summed E-state index contributed by atoms with van der Waals surface area (Å²) in [5, 5.41) is 2.77. The van der Waals surface area contributed by atoms with E-state index in [1.165, 1.54) is 17.8 Å². The van der Waals surface area contributed by atoms with Crippen LogP contribution in [0.15, 0.2) is 41.3 Å². The zero-order chi connectivity index (χ0) is 18.8. The maximum absolute atomic E-state index is 13.0. The third-order valence-electron chi connectivity index (χ3n) is 3.47. The fourth-order valence-electron chi connectivity index (χ4n) is 2.20. The van der Waals surface area contributed by atoms with Gasteiger partial charge in [0.25, 0.3) is 5.91 Å². The smallest absolute Gasteiger partial charge is 0.376 e. The van der Waals surface area contributed by atoms with E-state index in [0.29, 0.717) is 5.69 Å². The van der Waals surface area contributed by atoms with Crippen molar-refractivity contribution in [2.24, 2.45) is 0 Å². The van der Waals surface area contributed by atoms with Gasteiger partial charge in [-0.05, 0) is 42.7 Å². The van der Waals surface area contributed by atoms with E-state index in [-0.39, 0.29) is 16.3 Å². The normalized spacial score (nSPS) is 11.3. The van der Waals surface area contributed by atoms with Crippen LogP contribution >= 0.6 is 23.4 Å². The molecule has 0 atom stereocenters. The van der Waals surface area contributed by atoms with Crippen LogP contribution in [0.1, 0.15) is 15.9 Å². The number of hydrogen-bond acceptors (Lipinski definition) is 3. The van der Waals surface area contributed by atoms with Crippen LogP contribution in [0.2, 0.25) is 5.02 Å². The van der Waals surface area contributed by atoms with Gasteiger partial charge in [-0.3, -0.25) is 4.79 Å². The molecule has 0 bridgehead atoms. The van der Waals surface area contributed by atoms with Crippen LogP contribution in [-0.4, -0.2) is 26.3 Å². The minimum atomic E-state index is -4.50. The number of nitrogens with one attached hydrogen (secondary N) is 1. The molecule has 0 aliphatic rings. The molecule has 1 N–H and O–H groups in total. The number of rotatable bonds is 4. The second-order valence-corrected chi connectivity index (χ2v) is 6.71. The number of anilines is 2. The molecule has 0 aliphatic heterocycles. The Morgan fingerprint density at radius 3 is 2.40 bits per heavy atom. The Kier molecular flexibility index (Phi) is 5.90. The molecule has 2 aromatic rings. The van der Waals surface area contributed by atoms with Crippen molar-refractivity contribution in [3.63, 3.8) is 0 Å². The Morgan fingerprint density at radius 2 is 1.84 bits per heavy atom. The topological polar surface area (TPSA) is 32.3 Å². The fourth-order valence-corrected chi connectivity index (χ4v) is 2.84. The molecule has 134 valence electrons. The summed E-state index contributed by atoms with van der Waals surface area (Å²) in [4.78, 5) is 15.0. The van der Waals surface area contributed by atoms with E-state index in [9.17, 15) is 18.0 Å². The SMILES string of the molecule is CSc1ccc(Cl)c(C(=O)Nc2cc(C(F)(F)F)ccc2N(C)C)c1. The van der Waals surface area contributed by atoms with Crippen molar-refractivity contribution in [1.29, 1.82) is 0 Å². The largest absolute Gasteiger partial charge is 0.416 e. The van der Waals surface area contributed by atoms with Crippen LogP contribution in [0.25, 0.3) is 0 Å². The van der Waals surface area contributed by atoms with E-state index in [1.807, 2.05) is 6.26 Å². The quantitative estimate of drug-likeness (QED) is 0.712. The number of alkyl halides is 3. The minimum Gasteiger partial charge on any atom is -0.376 e. The molecule has 1 amide bonds. The van der Waals surface area contributed by atoms with Gasteiger partial charge in [-0.25, -0.2) is 0 Å². The van der Waals surface area contributed by atoms with E-state index < -0.39 is 17.6 Å². The molecule has 3 nitrogen and oxygen atoms in total. The first-order valence-corrected chi connectivity index (χ1v) is 8.77. The second kappa shape index (κ2) is 7.58. The number of carbonyl (C=O) groups excluding carboxylic acids is 1. The number of benzene rings is 2. The van der Waals surface area contributed by atoms with Crippen LogP contribution in [0, 0.1) is 0 Å². The van der Waals surface area contributed by atoms with Crippen LogP contribution < -0.4 is 10.2 Å². The van der Waals surface area contributed by atoms with Gasteiger partial charge in [0.2, 0.25) is 0 Å². The van der Waals surface area contributed by atoms with Crippen molar-refractivity contribution in [3.8, 4) is 0 Å². The summed E-state index contributed by atoms with van der Waals surface area (Å²) >= 11 is 7.49. The third kappa shape index (κ3) is 4.61. The summed E-state index contributed by atoms with van der Waals surface area (Å²) in [7, 11) is 3.36. The Hall–Kier alpha value is -1.86. The van der Waals surface area contributed by atoms with Gasteiger partial charge in [0.15, 0.2) is 0 Å². The Bertz CT molecular complexity index is 794. The van der Waals surface area contributed by atoms with Crippen LogP contribution in [-0.2, 0) is 6.18 Å². The predicted octanol–water partition coefficient (Wildman–Crippen LogP) is 5.40. The number of nitrogens with zero attached hydrogens (tertiary/aromatic N) is 1. The van der Waals surface area contributed by atoms with Crippen molar-refractivity contribution in [2.75, 3.05) is 30.6 Å². The molecular weight excluding hydrogens is 373 g/mol. The lowest BCUT2D eigenvalue weighted by Gasteiger charge is -2.20. The first kappa shape index (κ1) is 19.5. The van der Waals surface area contributed by atoms with E-state index in [1.54, 1.807) is 37.2 Å². The van der Waals surface area contributed by atoms with Gasteiger partial charge in [-0.2, -0.15) is 13.2 Å². The molecule has 0 heterocycles. The number of thioether (sulfide) groups is 1. The number of hydrogen-bond donors (Lipinski definition) is 1. The maximum atomic E-state index is 13.0. The average molecular weight is 389 g/mol. The summed E-state index contributed by atoms with van der Waals surface area (Å²) in [5.41, 5.74) is -0.109.